The number of halogens is 2. The van der Waals surface area contributed by atoms with Gasteiger partial charge in [-0.05, 0) is 67.7 Å². The molecule has 3 rings (SSSR count). The molecule has 32 heavy (non-hydrogen) atoms. The van der Waals surface area contributed by atoms with Gasteiger partial charge in [-0.1, -0.05) is 38.3 Å². The van der Waals surface area contributed by atoms with Crippen LogP contribution in [0.15, 0.2) is 36.4 Å². The highest BCUT2D eigenvalue weighted by molar-refractivity contribution is 5.66. The molecule has 1 saturated carbocycles. The van der Waals surface area contributed by atoms with Gasteiger partial charge in [0, 0.05) is 25.3 Å². The Hall–Kier alpha value is -2.14. The van der Waals surface area contributed by atoms with Crippen LogP contribution in [-0.2, 0) is 4.74 Å². The van der Waals surface area contributed by atoms with E-state index in [0.717, 1.165) is 50.0 Å². The molecule has 0 saturated heterocycles. The third-order valence-electron chi connectivity index (χ3n) is 6.31. The van der Waals surface area contributed by atoms with Gasteiger partial charge in [0.15, 0.2) is 11.6 Å². The molecule has 176 valence electrons. The van der Waals surface area contributed by atoms with Crippen molar-refractivity contribution in [2.45, 2.75) is 58.3 Å². The van der Waals surface area contributed by atoms with Crippen molar-refractivity contribution >= 4 is 0 Å². The molecule has 2 aromatic carbocycles. The van der Waals surface area contributed by atoms with Crippen molar-refractivity contribution in [3.63, 3.8) is 0 Å². The molecule has 0 amide bonds. The van der Waals surface area contributed by atoms with E-state index in [4.69, 9.17) is 14.2 Å². The molecule has 0 spiro atoms. The van der Waals surface area contributed by atoms with Crippen LogP contribution < -0.4 is 9.47 Å². The van der Waals surface area contributed by atoms with Crippen molar-refractivity contribution < 1.29 is 23.0 Å². The van der Waals surface area contributed by atoms with Crippen molar-refractivity contribution in [2.24, 2.45) is 11.8 Å². The van der Waals surface area contributed by atoms with Gasteiger partial charge < -0.3 is 14.2 Å². The quantitative estimate of drug-likeness (QED) is 0.317. The van der Waals surface area contributed by atoms with E-state index in [1.165, 1.54) is 31.7 Å². The number of unbranched alkanes of at least 4 members (excludes halogenated alkanes) is 3. The molecule has 0 unspecified atom stereocenters. The second-order valence-corrected chi connectivity index (χ2v) is 8.98. The molecule has 0 atom stereocenters. The lowest BCUT2D eigenvalue weighted by molar-refractivity contribution is 0.188. The van der Waals surface area contributed by atoms with Gasteiger partial charge in [0.1, 0.15) is 11.6 Å². The Bertz CT molecular complexity index is 814. The van der Waals surface area contributed by atoms with E-state index in [1.54, 1.807) is 19.2 Å². The molecule has 1 aliphatic carbocycles. The molecule has 1 fully saturated rings. The molecule has 1 aliphatic rings. The molecular weight excluding hydrogens is 410 g/mol. The Balaban J connectivity index is 1.50. The van der Waals surface area contributed by atoms with Crippen LogP contribution >= 0.6 is 0 Å². The van der Waals surface area contributed by atoms with Gasteiger partial charge in [0.25, 0.3) is 0 Å². The van der Waals surface area contributed by atoms with Gasteiger partial charge in [0.05, 0.1) is 13.2 Å². The Labute approximate surface area is 191 Å². The Morgan fingerprint density at radius 2 is 1.50 bits per heavy atom. The van der Waals surface area contributed by atoms with Crippen LogP contribution in [0, 0.1) is 23.5 Å². The fourth-order valence-corrected chi connectivity index (χ4v) is 4.19. The molecular formula is C27H36F2O3. The summed E-state index contributed by atoms with van der Waals surface area (Å²) in [4.78, 5) is 0. The maximum Gasteiger partial charge on any atom is 0.165 e. The monoisotopic (exact) mass is 446 g/mol. The molecule has 5 heteroatoms. The summed E-state index contributed by atoms with van der Waals surface area (Å²) < 4.78 is 45.6. The second-order valence-electron chi connectivity index (χ2n) is 8.98. The van der Waals surface area contributed by atoms with Crippen LogP contribution in [0.2, 0.25) is 0 Å². The SMILES string of the molecule is COCCCCCCOc1cc(F)c(-c2ccc(OCC3CCC(C)CC3)cc2)cc1F. The minimum atomic E-state index is -0.548. The fourth-order valence-electron chi connectivity index (χ4n) is 4.19. The third-order valence-corrected chi connectivity index (χ3v) is 6.31. The lowest BCUT2D eigenvalue weighted by Crippen LogP contribution is -2.18. The van der Waals surface area contributed by atoms with Gasteiger partial charge in [-0.2, -0.15) is 0 Å². The Kier molecular flexibility index (Phi) is 9.79. The highest BCUT2D eigenvalue weighted by Crippen LogP contribution is 2.32. The average Bonchev–Trinajstić information content (AvgIpc) is 2.80. The van der Waals surface area contributed by atoms with E-state index in [9.17, 15) is 8.78 Å². The largest absolute Gasteiger partial charge is 0.493 e. The van der Waals surface area contributed by atoms with Gasteiger partial charge in [-0.15, -0.1) is 0 Å². The minimum absolute atomic E-state index is 0.0371. The van der Waals surface area contributed by atoms with Gasteiger partial charge in [-0.25, -0.2) is 8.78 Å². The maximum absolute atomic E-state index is 14.7. The molecule has 2 aromatic rings. The van der Waals surface area contributed by atoms with E-state index in [0.29, 0.717) is 24.7 Å². The van der Waals surface area contributed by atoms with E-state index in [1.807, 2.05) is 12.1 Å². The Morgan fingerprint density at radius 1 is 0.812 bits per heavy atom. The molecule has 0 radical (unpaired) electrons. The van der Waals surface area contributed by atoms with Crippen LogP contribution in [0.4, 0.5) is 8.78 Å². The molecule has 0 aliphatic heterocycles. The summed E-state index contributed by atoms with van der Waals surface area (Å²) in [6, 6.07) is 9.55. The summed E-state index contributed by atoms with van der Waals surface area (Å²) in [5.41, 5.74) is 0.840. The summed E-state index contributed by atoms with van der Waals surface area (Å²) in [6.07, 6.45) is 8.77. The predicted molar refractivity (Wildman–Crippen MR) is 124 cm³/mol. The number of hydrogen-bond acceptors (Lipinski definition) is 3. The van der Waals surface area contributed by atoms with Crippen LogP contribution in [0.25, 0.3) is 11.1 Å². The number of benzene rings is 2. The van der Waals surface area contributed by atoms with Crippen LogP contribution in [0.3, 0.4) is 0 Å². The summed E-state index contributed by atoms with van der Waals surface area (Å²) in [5.74, 6) is 1.11. The first-order valence-corrected chi connectivity index (χ1v) is 11.9. The zero-order valence-corrected chi connectivity index (χ0v) is 19.4. The maximum atomic E-state index is 14.7. The van der Waals surface area contributed by atoms with Crippen molar-refractivity contribution in [1.29, 1.82) is 0 Å². The number of rotatable bonds is 12. The van der Waals surface area contributed by atoms with Crippen molar-refractivity contribution in [1.82, 2.24) is 0 Å². The van der Waals surface area contributed by atoms with Crippen LogP contribution in [0.5, 0.6) is 11.5 Å². The predicted octanol–water partition coefficient (Wildman–Crippen LogP) is 7.42. The van der Waals surface area contributed by atoms with Gasteiger partial charge in [0.2, 0.25) is 0 Å². The first kappa shape index (κ1) is 24.5. The first-order valence-electron chi connectivity index (χ1n) is 11.9. The van der Waals surface area contributed by atoms with Crippen LogP contribution in [0.1, 0.15) is 58.3 Å². The minimum Gasteiger partial charge on any atom is -0.493 e. The van der Waals surface area contributed by atoms with E-state index in [2.05, 4.69) is 6.92 Å². The summed E-state index contributed by atoms with van der Waals surface area (Å²) in [5, 5.41) is 0. The fraction of sp³-hybridized carbons (Fsp3) is 0.556. The molecule has 0 heterocycles. The zero-order valence-electron chi connectivity index (χ0n) is 19.4. The van der Waals surface area contributed by atoms with Crippen molar-refractivity contribution in [3.05, 3.63) is 48.0 Å². The lowest BCUT2D eigenvalue weighted by atomic mass is 9.83. The standard InChI is InChI=1S/C27H36F2O3/c1-20-7-9-21(10-8-20)19-32-23-13-11-22(12-14-23)24-17-26(29)27(18-25(24)28)31-16-6-4-3-5-15-30-2/h11-14,17-18,20-21H,3-10,15-16,19H2,1-2H3. The van der Waals surface area contributed by atoms with E-state index < -0.39 is 11.6 Å². The van der Waals surface area contributed by atoms with E-state index >= 15 is 0 Å². The molecule has 0 aromatic heterocycles. The zero-order chi connectivity index (χ0) is 22.8. The second kappa shape index (κ2) is 12.8. The van der Waals surface area contributed by atoms with Gasteiger partial charge >= 0.3 is 0 Å². The number of ether oxygens (including phenoxy) is 3. The van der Waals surface area contributed by atoms with Crippen LogP contribution in [-0.4, -0.2) is 26.9 Å². The lowest BCUT2D eigenvalue weighted by Gasteiger charge is -2.26. The normalized spacial score (nSPS) is 18.5. The highest BCUT2D eigenvalue weighted by Gasteiger charge is 2.19. The molecule has 0 N–H and O–H groups in total. The Morgan fingerprint density at radius 3 is 2.19 bits per heavy atom. The summed E-state index contributed by atoms with van der Waals surface area (Å²) in [7, 11) is 1.69. The average molecular weight is 447 g/mol. The van der Waals surface area contributed by atoms with Crippen molar-refractivity contribution in [3.8, 4) is 22.6 Å². The molecule has 0 bridgehead atoms. The first-order chi connectivity index (χ1) is 15.6. The van der Waals surface area contributed by atoms with E-state index in [-0.39, 0.29) is 11.3 Å². The molecule has 3 nitrogen and oxygen atoms in total. The van der Waals surface area contributed by atoms with Crippen molar-refractivity contribution in [2.75, 3.05) is 26.9 Å². The smallest absolute Gasteiger partial charge is 0.165 e. The van der Waals surface area contributed by atoms with Gasteiger partial charge in [-0.3, -0.25) is 0 Å². The topological polar surface area (TPSA) is 27.7 Å². The number of hydrogen-bond donors (Lipinski definition) is 0. The highest BCUT2D eigenvalue weighted by atomic mass is 19.1. The third kappa shape index (κ3) is 7.47. The summed E-state index contributed by atoms with van der Waals surface area (Å²) in [6.45, 7) is 4.14. The number of methoxy groups -OCH3 is 1. The summed E-state index contributed by atoms with van der Waals surface area (Å²) >= 11 is 0.